The Morgan fingerprint density at radius 1 is 1.48 bits per heavy atom. The van der Waals surface area contributed by atoms with Crippen LogP contribution in [0.5, 0.6) is 0 Å². The zero-order valence-corrected chi connectivity index (χ0v) is 11.9. The first-order valence-electron chi connectivity index (χ1n) is 7.28. The van der Waals surface area contributed by atoms with Crippen LogP contribution in [0.2, 0.25) is 0 Å². The minimum Gasteiger partial charge on any atom is -0.455 e. The summed E-state index contributed by atoms with van der Waals surface area (Å²) < 4.78 is 12.9. The molecule has 6 heteroatoms. The Balaban J connectivity index is 1.56. The summed E-state index contributed by atoms with van der Waals surface area (Å²) in [6, 6.07) is 5.37. The second-order valence-electron chi connectivity index (χ2n) is 5.93. The van der Waals surface area contributed by atoms with Crippen LogP contribution in [0.4, 0.5) is 0 Å². The fourth-order valence-corrected chi connectivity index (χ4v) is 3.08. The Morgan fingerprint density at radius 2 is 2.33 bits per heavy atom. The van der Waals surface area contributed by atoms with Crippen LogP contribution < -0.4 is 0 Å². The van der Waals surface area contributed by atoms with Crippen LogP contribution in [0.1, 0.15) is 29.6 Å². The van der Waals surface area contributed by atoms with E-state index in [1.165, 1.54) is 0 Å². The molecule has 1 aromatic carbocycles. The van der Waals surface area contributed by atoms with Gasteiger partial charge in [0.15, 0.2) is 0 Å². The number of aryl methyl sites for hydroxylation is 1. The quantitative estimate of drug-likeness (QED) is 0.804. The maximum atomic E-state index is 12.4. The smallest absolute Gasteiger partial charge is 0.338 e. The topological polar surface area (TPSA) is 66.2 Å². The molecule has 1 atom stereocenters. The number of hydrogen-bond donors (Lipinski definition) is 0. The zero-order valence-electron chi connectivity index (χ0n) is 11.9. The molecule has 21 heavy (non-hydrogen) atoms. The molecule has 2 aliphatic rings. The van der Waals surface area contributed by atoms with E-state index >= 15 is 0 Å². The third-order valence-electron chi connectivity index (χ3n) is 4.56. The molecule has 0 amide bonds. The summed E-state index contributed by atoms with van der Waals surface area (Å²) in [5.74, 6) is 0.0775. The molecule has 0 bridgehead atoms. The first-order valence-corrected chi connectivity index (χ1v) is 7.28. The zero-order chi connectivity index (χ0) is 14.4. The van der Waals surface area contributed by atoms with Gasteiger partial charge in [-0.3, -0.25) is 0 Å². The highest BCUT2D eigenvalue weighted by Gasteiger charge is 2.54. The Labute approximate surface area is 122 Å². The summed E-state index contributed by atoms with van der Waals surface area (Å²) >= 11 is 0. The largest absolute Gasteiger partial charge is 0.455 e. The molecule has 1 aromatic heterocycles. The molecule has 6 nitrogen and oxygen atoms in total. The highest BCUT2D eigenvalue weighted by Crippen LogP contribution is 2.49. The number of aromatic nitrogens is 3. The lowest BCUT2D eigenvalue weighted by Gasteiger charge is -2.22. The molecular formula is C15H17N3O3. The molecular weight excluding hydrogens is 270 g/mol. The van der Waals surface area contributed by atoms with Gasteiger partial charge in [-0.2, -0.15) is 0 Å². The van der Waals surface area contributed by atoms with Gasteiger partial charge in [-0.05, 0) is 37.5 Å². The van der Waals surface area contributed by atoms with E-state index < -0.39 is 0 Å². The first-order chi connectivity index (χ1) is 10.2. The van der Waals surface area contributed by atoms with E-state index in [-0.39, 0.29) is 11.6 Å². The number of esters is 1. The molecule has 1 saturated heterocycles. The van der Waals surface area contributed by atoms with Crippen molar-refractivity contribution in [3.63, 3.8) is 0 Å². The second kappa shape index (κ2) is 4.53. The summed E-state index contributed by atoms with van der Waals surface area (Å²) in [5, 5.41) is 7.98. The van der Waals surface area contributed by atoms with Crippen LogP contribution in [-0.4, -0.2) is 39.8 Å². The molecule has 2 aromatic rings. The number of carbonyl (C=O) groups excluding carboxylic acids is 1. The predicted molar refractivity (Wildman–Crippen MR) is 74.8 cm³/mol. The Hall–Kier alpha value is -1.95. The van der Waals surface area contributed by atoms with Gasteiger partial charge in [0, 0.05) is 19.6 Å². The van der Waals surface area contributed by atoms with Gasteiger partial charge in [0.1, 0.15) is 11.1 Å². The molecule has 1 aliphatic carbocycles. The minimum absolute atomic E-state index is 0.271. The fourth-order valence-electron chi connectivity index (χ4n) is 3.08. The number of benzene rings is 1. The van der Waals surface area contributed by atoms with Crippen LogP contribution in [0.3, 0.4) is 0 Å². The minimum atomic E-state index is -0.287. The van der Waals surface area contributed by atoms with E-state index in [0.717, 1.165) is 31.4 Å². The molecule has 1 aliphatic heterocycles. The monoisotopic (exact) mass is 287 g/mol. The molecule has 0 spiro atoms. The standard InChI is InChI=1S/C15H17N3O3/c1-18-13-3-2-10(8-12(13)16-17-18)14(19)21-15(5-6-15)11-4-7-20-9-11/h2-3,8,11H,4-7,9H2,1H3. The van der Waals surface area contributed by atoms with Gasteiger partial charge in [0.2, 0.25) is 0 Å². The summed E-state index contributed by atoms with van der Waals surface area (Å²) in [5.41, 5.74) is 1.86. The van der Waals surface area contributed by atoms with Gasteiger partial charge in [-0.1, -0.05) is 5.21 Å². The maximum absolute atomic E-state index is 12.4. The summed E-state index contributed by atoms with van der Waals surface area (Å²) in [7, 11) is 1.83. The average Bonchev–Trinajstić information content (AvgIpc) is 2.91. The van der Waals surface area contributed by atoms with Gasteiger partial charge in [0.05, 0.1) is 17.7 Å². The highest BCUT2D eigenvalue weighted by molar-refractivity contribution is 5.93. The highest BCUT2D eigenvalue weighted by atomic mass is 16.6. The number of rotatable bonds is 3. The summed E-state index contributed by atoms with van der Waals surface area (Å²) in [6.45, 7) is 1.48. The van der Waals surface area contributed by atoms with Gasteiger partial charge in [0.25, 0.3) is 0 Å². The van der Waals surface area contributed by atoms with Crippen LogP contribution in [0.15, 0.2) is 18.2 Å². The number of carbonyl (C=O) groups is 1. The summed E-state index contributed by atoms with van der Waals surface area (Å²) in [6.07, 6.45) is 2.87. The van der Waals surface area contributed by atoms with Crippen LogP contribution in [-0.2, 0) is 16.5 Å². The number of hydrogen-bond acceptors (Lipinski definition) is 5. The molecule has 2 fully saturated rings. The van der Waals surface area contributed by atoms with Gasteiger partial charge >= 0.3 is 5.97 Å². The van der Waals surface area contributed by atoms with Crippen LogP contribution in [0, 0.1) is 5.92 Å². The summed E-state index contributed by atoms with van der Waals surface area (Å²) in [4.78, 5) is 12.4. The lowest BCUT2D eigenvalue weighted by atomic mass is 9.99. The van der Waals surface area contributed by atoms with E-state index in [9.17, 15) is 4.79 Å². The van der Waals surface area contributed by atoms with Crippen molar-refractivity contribution >= 4 is 17.0 Å². The molecule has 2 heterocycles. The van der Waals surface area contributed by atoms with Crippen molar-refractivity contribution in [3.8, 4) is 0 Å². The first kappa shape index (κ1) is 12.8. The van der Waals surface area contributed by atoms with E-state index in [1.54, 1.807) is 16.8 Å². The molecule has 110 valence electrons. The molecule has 1 unspecified atom stereocenters. The van der Waals surface area contributed by atoms with Gasteiger partial charge < -0.3 is 9.47 Å². The second-order valence-corrected chi connectivity index (χ2v) is 5.93. The van der Waals surface area contributed by atoms with Crippen molar-refractivity contribution in [3.05, 3.63) is 23.8 Å². The molecule has 0 radical (unpaired) electrons. The van der Waals surface area contributed by atoms with Crippen molar-refractivity contribution in [2.75, 3.05) is 13.2 Å². The molecule has 1 saturated carbocycles. The third kappa shape index (κ3) is 2.10. The van der Waals surface area contributed by atoms with Crippen LogP contribution >= 0.6 is 0 Å². The lowest BCUT2D eigenvalue weighted by Crippen LogP contribution is -2.29. The average molecular weight is 287 g/mol. The lowest BCUT2D eigenvalue weighted by molar-refractivity contribution is 0.000850. The molecule has 0 N–H and O–H groups in total. The van der Waals surface area contributed by atoms with E-state index in [4.69, 9.17) is 9.47 Å². The Morgan fingerprint density at radius 3 is 3.05 bits per heavy atom. The normalized spacial score (nSPS) is 23.4. The molecule has 4 rings (SSSR count). The van der Waals surface area contributed by atoms with E-state index in [1.807, 2.05) is 13.1 Å². The van der Waals surface area contributed by atoms with Crippen LogP contribution in [0.25, 0.3) is 11.0 Å². The van der Waals surface area contributed by atoms with Gasteiger partial charge in [-0.15, -0.1) is 5.10 Å². The van der Waals surface area contributed by atoms with Gasteiger partial charge in [-0.25, -0.2) is 9.48 Å². The number of ether oxygens (including phenoxy) is 2. The van der Waals surface area contributed by atoms with Crippen molar-refractivity contribution in [1.82, 2.24) is 15.0 Å². The number of nitrogens with zero attached hydrogens (tertiary/aromatic N) is 3. The van der Waals surface area contributed by atoms with E-state index in [2.05, 4.69) is 10.3 Å². The Bertz CT molecular complexity index is 699. The van der Waals surface area contributed by atoms with Crippen molar-refractivity contribution < 1.29 is 14.3 Å². The fraction of sp³-hybridized carbons (Fsp3) is 0.533. The SMILES string of the molecule is Cn1nnc2cc(C(=O)OC3(C4CCOC4)CC3)ccc21. The van der Waals surface area contributed by atoms with E-state index in [0.29, 0.717) is 23.6 Å². The van der Waals surface area contributed by atoms with Crippen molar-refractivity contribution in [1.29, 1.82) is 0 Å². The van der Waals surface area contributed by atoms with Crippen molar-refractivity contribution in [2.24, 2.45) is 13.0 Å². The maximum Gasteiger partial charge on any atom is 0.338 e. The Kier molecular flexibility index (Phi) is 2.75. The predicted octanol–water partition coefficient (Wildman–Crippen LogP) is 1.69. The third-order valence-corrected chi connectivity index (χ3v) is 4.56. The number of fused-ring (bicyclic) bond motifs is 1. The van der Waals surface area contributed by atoms with Crippen molar-refractivity contribution in [2.45, 2.75) is 24.9 Å².